The Kier molecular flexibility index (Phi) is 4.77. The lowest BCUT2D eigenvalue weighted by Crippen LogP contribution is -2.49. The summed E-state index contributed by atoms with van der Waals surface area (Å²) in [7, 11) is 1.26. The second-order valence-corrected chi connectivity index (χ2v) is 7.76. The number of aryl methyl sites for hydroxylation is 1. The van der Waals surface area contributed by atoms with Crippen LogP contribution < -0.4 is 5.32 Å². The van der Waals surface area contributed by atoms with Gasteiger partial charge in [-0.05, 0) is 50.1 Å². The SMILES string of the molecule is COC(=O)c1c(NC(=O)C2(C)Cc3cc(F)ccc3C(=O)O2)sc(C)c1C. The number of nitrogens with one attached hydrogen (secondary N) is 1. The molecule has 8 heteroatoms. The van der Waals surface area contributed by atoms with E-state index in [-0.39, 0.29) is 17.5 Å². The van der Waals surface area contributed by atoms with Crippen LogP contribution in [-0.4, -0.2) is 30.6 Å². The summed E-state index contributed by atoms with van der Waals surface area (Å²) >= 11 is 1.23. The summed E-state index contributed by atoms with van der Waals surface area (Å²) in [5.41, 5.74) is 0.0816. The molecular weight excluding hydrogens is 373 g/mol. The maximum absolute atomic E-state index is 13.5. The summed E-state index contributed by atoms with van der Waals surface area (Å²) in [4.78, 5) is 38.1. The number of hydrogen-bond acceptors (Lipinski definition) is 6. The van der Waals surface area contributed by atoms with E-state index in [9.17, 15) is 18.8 Å². The smallest absolute Gasteiger partial charge is 0.341 e. The number of anilines is 1. The number of thiophene rings is 1. The molecule has 1 aromatic heterocycles. The van der Waals surface area contributed by atoms with Crippen LogP contribution in [0.15, 0.2) is 18.2 Å². The highest BCUT2D eigenvalue weighted by molar-refractivity contribution is 7.16. The lowest BCUT2D eigenvalue weighted by Gasteiger charge is -2.33. The molecule has 1 aliphatic rings. The summed E-state index contributed by atoms with van der Waals surface area (Å²) < 4.78 is 23.7. The van der Waals surface area contributed by atoms with Crippen LogP contribution in [0.3, 0.4) is 0 Å². The Morgan fingerprint density at radius 3 is 2.70 bits per heavy atom. The van der Waals surface area contributed by atoms with Gasteiger partial charge in [0.25, 0.3) is 5.91 Å². The summed E-state index contributed by atoms with van der Waals surface area (Å²) in [6.45, 7) is 5.04. The Balaban J connectivity index is 1.92. The van der Waals surface area contributed by atoms with Crippen LogP contribution in [-0.2, 0) is 20.7 Å². The van der Waals surface area contributed by atoms with E-state index in [1.807, 2.05) is 6.92 Å². The van der Waals surface area contributed by atoms with Crippen molar-refractivity contribution >= 4 is 34.2 Å². The second kappa shape index (κ2) is 6.77. The summed E-state index contributed by atoms with van der Waals surface area (Å²) in [6, 6.07) is 3.73. The van der Waals surface area contributed by atoms with Gasteiger partial charge in [-0.1, -0.05) is 0 Å². The molecule has 0 bridgehead atoms. The van der Waals surface area contributed by atoms with E-state index in [1.54, 1.807) is 6.92 Å². The fraction of sp³-hybridized carbons (Fsp3) is 0.316. The molecule has 0 fully saturated rings. The molecule has 1 unspecified atom stereocenters. The van der Waals surface area contributed by atoms with Gasteiger partial charge in [-0.15, -0.1) is 11.3 Å². The predicted molar refractivity (Wildman–Crippen MR) is 97.7 cm³/mol. The normalized spacial score (nSPS) is 18.5. The van der Waals surface area contributed by atoms with E-state index >= 15 is 0 Å². The topological polar surface area (TPSA) is 81.7 Å². The lowest BCUT2D eigenvalue weighted by molar-refractivity contribution is -0.134. The average Bonchev–Trinajstić information content (AvgIpc) is 2.87. The average molecular weight is 391 g/mol. The minimum Gasteiger partial charge on any atom is -0.465 e. The van der Waals surface area contributed by atoms with Gasteiger partial charge in [0.05, 0.1) is 18.2 Å². The molecule has 3 rings (SSSR count). The Hall–Kier alpha value is -2.74. The van der Waals surface area contributed by atoms with E-state index < -0.39 is 29.3 Å². The number of esters is 2. The molecule has 0 radical (unpaired) electrons. The summed E-state index contributed by atoms with van der Waals surface area (Å²) in [5, 5.41) is 2.99. The van der Waals surface area contributed by atoms with E-state index in [2.05, 4.69) is 5.32 Å². The van der Waals surface area contributed by atoms with E-state index in [0.717, 1.165) is 4.88 Å². The molecular formula is C19H18FNO5S. The third kappa shape index (κ3) is 3.32. The van der Waals surface area contributed by atoms with Crippen molar-refractivity contribution in [3.63, 3.8) is 0 Å². The standard InChI is InChI=1S/C19H18FNO5S/c1-9-10(2)27-15(14(9)17(23)25-4)21-18(24)19(3)8-11-7-12(20)5-6-13(11)16(22)26-19/h5-7H,8H2,1-4H3,(H,21,24). The Labute approximate surface area is 159 Å². The van der Waals surface area contributed by atoms with E-state index in [1.165, 1.54) is 43.6 Å². The van der Waals surface area contributed by atoms with Crippen LogP contribution in [0.4, 0.5) is 9.39 Å². The molecule has 2 heterocycles. The van der Waals surface area contributed by atoms with E-state index in [0.29, 0.717) is 16.1 Å². The number of cyclic esters (lactones) is 1. The van der Waals surface area contributed by atoms with Crippen LogP contribution in [0.2, 0.25) is 0 Å². The molecule has 0 spiro atoms. The Morgan fingerprint density at radius 1 is 1.33 bits per heavy atom. The first kappa shape index (κ1) is 19.0. The molecule has 2 aromatic rings. The fourth-order valence-electron chi connectivity index (χ4n) is 2.99. The van der Waals surface area contributed by atoms with Crippen LogP contribution in [0.5, 0.6) is 0 Å². The molecule has 27 heavy (non-hydrogen) atoms. The van der Waals surface area contributed by atoms with Crippen molar-refractivity contribution in [3.8, 4) is 0 Å². The van der Waals surface area contributed by atoms with Crippen molar-refractivity contribution in [1.29, 1.82) is 0 Å². The van der Waals surface area contributed by atoms with Gasteiger partial charge in [-0.25, -0.2) is 14.0 Å². The number of halogens is 1. The first-order valence-electron chi connectivity index (χ1n) is 8.18. The van der Waals surface area contributed by atoms with Gasteiger partial charge in [-0.3, -0.25) is 4.79 Å². The van der Waals surface area contributed by atoms with E-state index in [4.69, 9.17) is 9.47 Å². The third-order valence-electron chi connectivity index (χ3n) is 4.62. The fourth-order valence-corrected chi connectivity index (χ4v) is 4.04. The maximum Gasteiger partial charge on any atom is 0.341 e. The molecule has 6 nitrogen and oxygen atoms in total. The number of carbonyl (C=O) groups is 3. The van der Waals surface area contributed by atoms with Gasteiger partial charge in [-0.2, -0.15) is 0 Å². The molecule has 1 aliphatic heterocycles. The lowest BCUT2D eigenvalue weighted by atomic mass is 9.89. The minimum atomic E-state index is -1.53. The van der Waals surface area contributed by atoms with Crippen molar-refractivity contribution in [1.82, 2.24) is 0 Å². The van der Waals surface area contributed by atoms with Gasteiger partial charge in [0.2, 0.25) is 0 Å². The molecule has 0 aliphatic carbocycles. The van der Waals surface area contributed by atoms with Gasteiger partial charge in [0.1, 0.15) is 10.8 Å². The molecule has 1 aromatic carbocycles. The number of methoxy groups -OCH3 is 1. The van der Waals surface area contributed by atoms with Crippen molar-refractivity contribution in [3.05, 3.63) is 51.1 Å². The largest absolute Gasteiger partial charge is 0.465 e. The van der Waals surface area contributed by atoms with Crippen molar-refractivity contribution in [2.45, 2.75) is 32.8 Å². The quantitative estimate of drug-likeness (QED) is 0.811. The second-order valence-electron chi connectivity index (χ2n) is 6.53. The van der Waals surface area contributed by atoms with Gasteiger partial charge in [0, 0.05) is 11.3 Å². The minimum absolute atomic E-state index is 0.0224. The third-order valence-corrected chi connectivity index (χ3v) is 5.74. The molecule has 142 valence electrons. The zero-order chi connectivity index (χ0) is 19.9. The number of benzene rings is 1. The highest BCUT2D eigenvalue weighted by Crippen LogP contribution is 2.35. The van der Waals surface area contributed by atoms with Crippen molar-refractivity contribution in [2.24, 2.45) is 0 Å². The number of amides is 1. The summed E-state index contributed by atoms with van der Waals surface area (Å²) in [5.74, 6) is -2.35. The zero-order valence-electron chi connectivity index (χ0n) is 15.3. The molecule has 0 saturated carbocycles. The molecule has 1 atom stereocenters. The molecule has 0 saturated heterocycles. The number of rotatable bonds is 3. The monoisotopic (exact) mass is 391 g/mol. The molecule has 1 amide bonds. The maximum atomic E-state index is 13.5. The van der Waals surface area contributed by atoms with Gasteiger partial charge in [0.15, 0.2) is 5.60 Å². The number of hydrogen-bond donors (Lipinski definition) is 1. The van der Waals surface area contributed by atoms with Gasteiger partial charge >= 0.3 is 11.9 Å². The Morgan fingerprint density at radius 2 is 2.04 bits per heavy atom. The van der Waals surface area contributed by atoms with Crippen molar-refractivity contribution < 1.29 is 28.2 Å². The van der Waals surface area contributed by atoms with Crippen LogP contribution in [0.25, 0.3) is 0 Å². The zero-order valence-corrected chi connectivity index (χ0v) is 16.1. The highest BCUT2D eigenvalue weighted by Gasteiger charge is 2.43. The predicted octanol–water partition coefficient (Wildman–Crippen LogP) is 3.40. The summed E-state index contributed by atoms with van der Waals surface area (Å²) in [6.07, 6.45) is 0.0224. The highest BCUT2D eigenvalue weighted by atomic mass is 32.1. The van der Waals surface area contributed by atoms with Crippen molar-refractivity contribution in [2.75, 3.05) is 12.4 Å². The number of carbonyl (C=O) groups excluding carboxylic acids is 3. The molecule has 1 N–H and O–H groups in total. The number of fused-ring (bicyclic) bond motifs is 1. The van der Waals surface area contributed by atoms with Crippen LogP contribution in [0.1, 0.15) is 43.6 Å². The van der Waals surface area contributed by atoms with Crippen LogP contribution >= 0.6 is 11.3 Å². The number of ether oxygens (including phenoxy) is 2. The van der Waals surface area contributed by atoms with Gasteiger partial charge < -0.3 is 14.8 Å². The first-order chi connectivity index (χ1) is 12.7. The Bertz CT molecular complexity index is 967. The first-order valence-corrected chi connectivity index (χ1v) is 8.99. The van der Waals surface area contributed by atoms with Crippen LogP contribution in [0, 0.1) is 19.7 Å².